The fourth-order valence-corrected chi connectivity index (χ4v) is 5.90. The first kappa shape index (κ1) is 20.0. The second-order valence-corrected chi connectivity index (χ2v) is 9.45. The van der Waals surface area contributed by atoms with E-state index in [4.69, 9.17) is 0 Å². The van der Waals surface area contributed by atoms with Crippen LogP contribution in [0.1, 0.15) is 18.0 Å². The molecule has 0 bridgehead atoms. The molecule has 1 atom stereocenters. The quantitative estimate of drug-likeness (QED) is 0.680. The average molecular weight is 415 g/mol. The van der Waals surface area contributed by atoms with E-state index in [9.17, 15) is 13.3 Å². The lowest BCUT2D eigenvalue weighted by Crippen LogP contribution is -2.47. The van der Waals surface area contributed by atoms with Gasteiger partial charge in [-0.15, -0.1) is 0 Å². The Kier molecular flexibility index (Phi) is 5.94. The number of anilines is 1. The molecule has 8 heteroatoms. The van der Waals surface area contributed by atoms with E-state index in [2.05, 4.69) is 39.2 Å². The van der Waals surface area contributed by atoms with Gasteiger partial charge >= 0.3 is 0 Å². The van der Waals surface area contributed by atoms with Gasteiger partial charge in [0.25, 0.3) is 0 Å². The van der Waals surface area contributed by atoms with Crippen LogP contribution in [-0.2, 0) is 10.0 Å². The SMILES string of the molecule is O=NC1CN(CCCN2CCN(c3ccccc3)CC2)S(=O)(=O)c2ccccc21. The average Bonchev–Trinajstić information content (AvgIpc) is 2.76. The Bertz CT molecular complexity index is 943. The van der Waals surface area contributed by atoms with Crippen molar-refractivity contribution >= 4 is 15.7 Å². The number of para-hydroxylation sites is 1. The zero-order valence-corrected chi connectivity index (χ0v) is 17.2. The summed E-state index contributed by atoms with van der Waals surface area (Å²) < 4.78 is 27.2. The van der Waals surface area contributed by atoms with Crippen molar-refractivity contribution in [3.05, 3.63) is 65.1 Å². The molecule has 2 aromatic rings. The summed E-state index contributed by atoms with van der Waals surface area (Å²) in [5.74, 6) is 0. The number of sulfonamides is 1. The Labute approximate surface area is 171 Å². The molecule has 2 aromatic carbocycles. The van der Waals surface area contributed by atoms with Crippen molar-refractivity contribution in [2.24, 2.45) is 5.18 Å². The van der Waals surface area contributed by atoms with Crippen LogP contribution in [0.25, 0.3) is 0 Å². The van der Waals surface area contributed by atoms with Gasteiger partial charge in [-0.3, -0.25) is 4.90 Å². The van der Waals surface area contributed by atoms with E-state index in [1.807, 2.05) is 6.07 Å². The van der Waals surface area contributed by atoms with Gasteiger partial charge in [-0.25, -0.2) is 8.42 Å². The van der Waals surface area contributed by atoms with Crippen molar-refractivity contribution < 1.29 is 8.42 Å². The Morgan fingerprint density at radius 1 is 0.897 bits per heavy atom. The molecule has 1 fully saturated rings. The molecular formula is C21H26N4O3S. The lowest BCUT2D eigenvalue weighted by molar-refractivity contribution is 0.243. The molecule has 0 N–H and O–H groups in total. The van der Waals surface area contributed by atoms with Crippen LogP contribution in [-0.4, -0.2) is 63.4 Å². The number of nitrogens with zero attached hydrogens (tertiary/aromatic N) is 4. The molecule has 2 aliphatic rings. The van der Waals surface area contributed by atoms with Gasteiger partial charge in [0.1, 0.15) is 6.04 Å². The van der Waals surface area contributed by atoms with Crippen molar-refractivity contribution in [3.8, 4) is 0 Å². The molecule has 0 aliphatic carbocycles. The lowest BCUT2D eigenvalue weighted by atomic mass is 10.1. The molecule has 0 radical (unpaired) electrons. The summed E-state index contributed by atoms with van der Waals surface area (Å²) in [6.07, 6.45) is 0.734. The Hall–Kier alpha value is -2.29. The van der Waals surface area contributed by atoms with E-state index in [1.54, 1.807) is 24.3 Å². The number of benzene rings is 2. The number of piperazine rings is 1. The van der Waals surface area contributed by atoms with Crippen molar-refractivity contribution in [2.75, 3.05) is 50.7 Å². The molecule has 1 saturated heterocycles. The number of nitroso groups, excluding NO2 is 1. The van der Waals surface area contributed by atoms with Gasteiger partial charge in [-0.05, 0) is 31.2 Å². The third kappa shape index (κ3) is 4.19. The largest absolute Gasteiger partial charge is 0.369 e. The van der Waals surface area contributed by atoms with Gasteiger partial charge in [-0.2, -0.15) is 9.21 Å². The molecule has 154 valence electrons. The second kappa shape index (κ2) is 8.61. The van der Waals surface area contributed by atoms with Gasteiger partial charge in [0, 0.05) is 50.5 Å². The minimum Gasteiger partial charge on any atom is -0.369 e. The van der Waals surface area contributed by atoms with Crippen LogP contribution in [0.4, 0.5) is 5.69 Å². The van der Waals surface area contributed by atoms with Crippen molar-refractivity contribution in [1.82, 2.24) is 9.21 Å². The van der Waals surface area contributed by atoms with Gasteiger partial charge < -0.3 is 4.90 Å². The van der Waals surface area contributed by atoms with Gasteiger partial charge in [0.2, 0.25) is 10.0 Å². The van der Waals surface area contributed by atoms with Crippen molar-refractivity contribution in [1.29, 1.82) is 0 Å². The summed E-state index contributed by atoms with van der Waals surface area (Å²) in [6, 6.07) is 16.5. The van der Waals surface area contributed by atoms with Crippen LogP contribution in [0.15, 0.2) is 64.7 Å². The first-order valence-electron chi connectivity index (χ1n) is 10.0. The number of hydrogen-bond donors (Lipinski definition) is 0. The standard InChI is InChI=1S/C21H26N4O3S/c26-22-20-17-25(29(27,28)21-10-5-4-9-19(20)21)12-6-11-23-13-15-24(16-14-23)18-7-2-1-3-8-18/h1-5,7-10,20H,6,11-17H2. The maximum absolute atomic E-state index is 12.9. The summed E-state index contributed by atoms with van der Waals surface area (Å²) >= 11 is 0. The summed E-state index contributed by atoms with van der Waals surface area (Å²) in [7, 11) is -3.57. The number of rotatable bonds is 6. The van der Waals surface area contributed by atoms with E-state index >= 15 is 0 Å². The summed E-state index contributed by atoms with van der Waals surface area (Å²) in [4.78, 5) is 16.2. The highest BCUT2D eigenvalue weighted by Gasteiger charge is 2.37. The van der Waals surface area contributed by atoms with Crippen LogP contribution >= 0.6 is 0 Å². The predicted octanol–water partition coefficient (Wildman–Crippen LogP) is 2.71. The van der Waals surface area contributed by atoms with Crippen LogP contribution in [0.3, 0.4) is 0 Å². The van der Waals surface area contributed by atoms with E-state index in [1.165, 1.54) is 9.99 Å². The minimum atomic E-state index is -3.57. The van der Waals surface area contributed by atoms with E-state index < -0.39 is 16.1 Å². The van der Waals surface area contributed by atoms with Gasteiger partial charge in [-0.1, -0.05) is 41.6 Å². The number of hydrogen-bond acceptors (Lipinski definition) is 6. The summed E-state index contributed by atoms with van der Waals surface area (Å²) in [6.45, 7) is 5.24. The first-order valence-corrected chi connectivity index (χ1v) is 11.5. The highest BCUT2D eigenvalue weighted by Crippen LogP contribution is 2.34. The maximum atomic E-state index is 12.9. The minimum absolute atomic E-state index is 0.130. The highest BCUT2D eigenvalue weighted by molar-refractivity contribution is 7.89. The van der Waals surface area contributed by atoms with E-state index in [0.29, 0.717) is 12.1 Å². The third-order valence-electron chi connectivity index (χ3n) is 5.78. The Balaban J connectivity index is 1.32. The van der Waals surface area contributed by atoms with Crippen molar-refractivity contribution in [3.63, 3.8) is 0 Å². The normalized spacial score (nSPS) is 22.2. The topological polar surface area (TPSA) is 73.3 Å². The first-order chi connectivity index (χ1) is 14.1. The summed E-state index contributed by atoms with van der Waals surface area (Å²) in [5, 5.41) is 3.17. The molecule has 29 heavy (non-hydrogen) atoms. The molecule has 0 amide bonds. The van der Waals surface area contributed by atoms with Crippen LogP contribution in [0.5, 0.6) is 0 Å². The fraction of sp³-hybridized carbons (Fsp3) is 0.429. The van der Waals surface area contributed by atoms with Crippen LogP contribution in [0, 0.1) is 4.91 Å². The summed E-state index contributed by atoms with van der Waals surface area (Å²) in [5.41, 5.74) is 1.76. The molecule has 0 aromatic heterocycles. The molecule has 0 saturated carbocycles. The molecule has 2 aliphatic heterocycles. The molecule has 7 nitrogen and oxygen atoms in total. The van der Waals surface area contributed by atoms with E-state index in [0.717, 1.165) is 39.1 Å². The van der Waals surface area contributed by atoms with Crippen LogP contribution < -0.4 is 4.90 Å². The molecule has 2 heterocycles. The molecular weight excluding hydrogens is 388 g/mol. The number of fused-ring (bicyclic) bond motifs is 1. The zero-order chi connectivity index (χ0) is 20.3. The zero-order valence-electron chi connectivity index (χ0n) is 16.4. The third-order valence-corrected chi connectivity index (χ3v) is 7.71. The maximum Gasteiger partial charge on any atom is 0.243 e. The van der Waals surface area contributed by atoms with Crippen LogP contribution in [0.2, 0.25) is 0 Å². The van der Waals surface area contributed by atoms with Gasteiger partial charge in [0.15, 0.2) is 0 Å². The second-order valence-electron chi connectivity index (χ2n) is 7.54. The highest BCUT2D eigenvalue weighted by atomic mass is 32.2. The lowest BCUT2D eigenvalue weighted by Gasteiger charge is -2.36. The molecule has 1 unspecified atom stereocenters. The van der Waals surface area contributed by atoms with E-state index in [-0.39, 0.29) is 11.4 Å². The van der Waals surface area contributed by atoms with Gasteiger partial charge in [0.05, 0.1) is 4.90 Å². The predicted molar refractivity (Wildman–Crippen MR) is 113 cm³/mol. The monoisotopic (exact) mass is 414 g/mol. The molecule has 4 rings (SSSR count). The van der Waals surface area contributed by atoms with Crippen molar-refractivity contribution in [2.45, 2.75) is 17.4 Å². The smallest absolute Gasteiger partial charge is 0.243 e. The molecule has 0 spiro atoms. The fourth-order valence-electron chi connectivity index (χ4n) is 4.16. The Morgan fingerprint density at radius 3 is 2.31 bits per heavy atom. The Morgan fingerprint density at radius 2 is 1.59 bits per heavy atom.